The van der Waals surface area contributed by atoms with Gasteiger partial charge in [0.05, 0.1) is 0 Å². The van der Waals surface area contributed by atoms with Crippen LogP contribution in [0.5, 0.6) is 0 Å². The molecule has 2 atom stereocenters. The number of hydrogen-bond acceptors (Lipinski definition) is 2. The normalized spacial score (nSPS) is 33.2. The first kappa shape index (κ1) is 11.4. The first-order chi connectivity index (χ1) is 7.29. The van der Waals surface area contributed by atoms with Crippen LogP contribution in [0.15, 0.2) is 0 Å². The molecule has 2 unspecified atom stereocenters. The van der Waals surface area contributed by atoms with E-state index in [9.17, 15) is 0 Å². The van der Waals surface area contributed by atoms with Crippen LogP contribution in [0.3, 0.4) is 0 Å². The standard InChI is InChI=1S/C13H26N2/c1-2-13(6-7-13)10-15-9-12-5-3-4-11(12)8-14/h11-12,15H,2-10,14H2,1H3. The lowest BCUT2D eigenvalue weighted by atomic mass is 9.95. The van der Waals surface area contributed by atoms with E-state index in [1.807, 2.05) is 0 Å². The maximum Gasteiger partial charge on any atom is 0.000783 e. The second kappa shape index (κ2) is 4.84. The Morgan fingerprint density at radius 3 is 2.60 bits per heavy atom. The van der Waals surface area contributed by atoms with Crippen molar-refractivity contribution >= 4 is 0 Å². The molecule has 2 rings (SSSR count). The summed E-state index contributed by atoms with van der Waals surface area (Å²) in [7, 11) is 0. The summed E-state index contributed by atoms with van der Waals surface area (Å²) in [5.74, 6) is 1.66. The predicted molar refractivity (Wildman–Crippen MR) is 64.7 cm³/mol. The van der Waals surface area contributed by atoms with Crippen molar-refractivity contribution in [2.45, 2.75) is 45.4 Å². The molecular formula is C13H26N2. The second-order valence-corrected chi connectivity index (χ2v) is 5.67. The van der Waals surface area contributed by atoms with Crippen LogP contribution in [0, 0.1) is 17.3 Å². The van der Waals surface area contributed by atoms with E-state index in [1.165, 1.54) is 51.6 Å². The summed E-state index contributed by atoms with van der Waals surface area (Å²) in [6.45, 7) is 5.68. The van der Waals surface area contributed by atoms with Crippen LogP contribution < -0.4 is 11.1 Å². The highest BCUT2D eigenvalue weighted by Gasteiger charge is 2.40. The van der Waals surface area contributed by atoms with Gasteiger partial charge in [-0.3, -0.25) is 0 Å². The van der Waals surface area contributed by atoms with E-state index >= 15 is 0 Å². The highest BCUT2D eigenvalue weighted by atomic mass is 14.9. The molecule has 2 heteroatoms. The number of nitrogens with one attached hydrogen (secondary N) is 1. The Morgan fingerprint density at radius 2 is 2.00 bits per heavy atom. The Hall–Kier alpha value is -0.0800. The summed E-state index contributed by atoms with van der Waals surface area (Å²) < 4.78 is 0. The molecule has 2 aliphatic carbocycles. The lowest BCUT2D eigenvalue weighted by Gasteiger charge is -2.20. The van der Waals surface area contributed by atoms with Gasteiger partial charge in [0.25, 0.3) is 0 Å². The maximum absolute atomic E-state index is 5.79. The van der Waals surface area contributed by atoms with Gasteiger partial charge in [-0.2, -0.15) is 0 Å². The van der Waals surface area contributed by atoms with Crippen LogP contribution in [-0.4, -0.2) is 19.6 Å². The molecule has 15 heavy (non-hydrogen) atoms. The summed E-state index contributed by atoms with van der Waals surface area (Å²) in [6.07, 6.45) is 8.40. The van der Waals surface area contributed by atoms with Crippen molar-refractivity contribution in [2.24, 2.45) is 23.0 Å². The van der Waals surface area contributed by atoms with Gasteiger partial charge >= 0.3 is 0 Å². The molecule has 0 amide bonds. The van der Waals surface area contributed by atoms with E-state index in [0.29, 0.717) is 5.41 Å². The third-order valence-corrected chi connectivity index (χ3v) is 4.73. The van der Waals surface area contributed by atoms with Crippen molar-refractivity contribution < 1.29 is 0 Å². The van der Waals surface area contributed by atoms with Gasteiger partial charge in [-0.05, 0) is 62.4 Å². The molecule has 0 saturated heterocycles. The maximum atomic E-state index is 5.79. The molecule has 2 saturated carbocycles. The Bertz CT molecular complexity index is 199. The molecule has 0 aromatic carbocycles. The molecule has 88 valence electrons. The first-order valence-corrected chi connectivity index (χ1v) is 6.70. The third kappa shape index (κ3) is 2.73. The second-order valence-electron chi connectivity index (χ2n) is 5.67. The number of nitrogens with two attached hydrogens (primary N) is 1. The van der Waals surface area contributed by atoms with E-state index in [1.54, 1.807) is 0 Å². The zero-order chi connectivity index (χ0) is 10.7. The minimum absolute atomic E-state index is 0.691. The highest BCUT2D eigenvalue weighted by molar-refractivity contribution is 4.94. The van der Waals surface area contributed by atoms with Crippen LogP contribution in [0.2, 0.25) is 0 Å². The largest absolute Gasteiger partial charge is 0.330 e. The fourth-order valence-corrected chi connectivity index (χ4v) is 3.05. The van der Waals surface area contributed by atoms with Gasteiger partial charge in [-0.1, -0.05) is 13.3 Å². The lowest BCUT2D eigenvalue weighted by Crippen LogP contribution is -2.32. The zero-order valence-corrected chi connectivity index (χ0v) is 10.1. The number of rotatable bonds is 6. The Labute approximate surface area is 94.0 Å². The monoisotopic (exact) mass is 210 g/mol. The predicted octanol–water partition coefficient (Wildman–Crippen LogP) is 2.14. The SMILES string of the molecule is CCC1(CNCC2CCCC2CN)CC1. The van der Waals surface area contributed by atoms with Crippen molar-refractivity contribution in [3.8, 4) is 0 Å². The Morgan fingerprint density at radius 1 is 1.27 bits per heavy atom. The van der Waals surface area contributed by atoms with Crippen molar-refractivity contribution in [1.29, 1.82) is 0 Å². The van der Waals surface area contributed by atoms with Gasteiger partial charge in [0, 0.05) is 6.54 Å². The van der Waals surface area contributed by atoms with Crippen molar-refractivity contribution in [1.82, 2.24) is 5.32 Å². The molecule has 0 aromatic heterocycles. The molecule has 0 aliphatic heterocycles. The molecule has 3 N–H and O–H groups in total. The molecule has 2 nitrogen and oxygen atoms in total. The third-order valence-electron chi connectivity index (χ3n) is 4.73. The van der Waals surface area contributed by atoms with E-state index < -0.39 is 0 Å². The summed E-state index contributed by atoms with van der Waals surface area (Å²) >= 11 is 0. The van der Waals surface area contributed by atoms with Crippen LogP contribution in [0.4, 0.5) is 0 Å². The van der Waals surface area contributed by atoms with Gasteiger partial charge < -0.3 is 11.1 Å². The smallest absolute Gasteiger partial charge is 0.000783 e. The van der Waals surface area contributed by atoms with Crippen molar-refractivity contribution in [3.63, 3.8) is 0 Å². The minimum atomic E-state index is 0.691. The van der Waals surface area contributed by atoms with Crippen LogP contribution in [-0.2, 0) is 0 Å². The zero-order valence-electron chi connectivity index (χ0n) is 10.1. The quantitative estimate of drug-likeness (QED) is 0.705. The summed E-state index contributed by atoms with van der Waals surface area (Å²) in [6, 6.07) is 0. The molecular weight excluding hydrogens is 184 g/mol. The molecule has 2 fully saturated rings. The van der Waals surface area contributed by atoms with Gasteiger partial charge in [0.2, 0.25) is 0 Å². The van der Waals surface area contributed by atoms with E-state index in [-0.39, 0.29) is 0 Å². The van der Waals surface area contributed by atoms with Crippen LogP contribution in [0.25, 0.3) is 0 Å². The first-order valence-electron chi connectivity index (χ1n) is 6.70. The Balaban J connectivity index is 1.65. The molecule has 2 aliphatic rings. The molecule has 0 spiro atoms. The molecule has 0 aromatic rings. The van der Waals surface area contributed by atoms with Crippen molar-refractivity contribution in [3.05, 3.63) is 0 Å². The molecule has 0 bridgehead atoms. The Kier molecular flexibility index (Phi) is 3.68. The van der Waals surface area contributed by atoms with Crippen LogP contribution in [0.1, 0.15) is 45.4 Å². The van der Waals surface area contributed by atoms with Gasteiger partial charge in [-0.15, -0.1) is 0 Å². The number of hydrogen-bond donors (Lipinski definition) is 2. The van der Waals surface area contributed by atoms with Gasteiger partial charge in [-0.25, -0.2) is 0 Å². The summed E-state index contributed by atoms with van der Waals surface area (Å²) in [4.78, 5) is 0. The van der Waals surface area contributed by atoms with Crippen LogP contribution >= 0.6 is 0 Å². The van der Waals surface area contributed by atoms with Crippen molar-refractivity contribution in [2.75, 3.05) is 19.6 Å². The molecule has 0 radical (unpaired) electrons. The average molecular weight is 210 g/mol. The minimum Gasteiger partial charge on any atom is -0.330 e. The topological polar surface area (TPSA) is 38.0 Å². The highest BCUT2D eigenvalue weighted by Crippen LogP contribution is 2.47. The van der Waals surface area contributed by atoms with E-state index in [2.05, 4.69) is 12.2 Å². The fraction of sp³-hybridized carbons (Fsp3) is 1.00. The molecule has 0 heterocycles. The van der Waals surface area contributed by atoms with E-state index in [0.717, 1.165) is 18.4 Å². The van der Waals surface area contributed by atoms with Gasteiger partial charge in [0.1, 0.15) is 0 Å². The van der Waals surface area contributed by atoms with E-state index in [4.69, 9.17) is 5.73 Å². The fourth-order valence-electron chi connectivity index (χ4n) is 3.05. The summed E-state index contributed by atoms with van der Waals surface area (Å²) in [5.41, 5.74) is 6.48. The summed E-state index contributed by atoms with van der Waals surface area (Å²) in [5, 5.41) is 3.69. The average Bonchev–Trinajstić information content (AvgIpc) is 2.90. The van der Waals surface area contributed by atoms with Gasteiger partial charge in [0.15, 0.2) is 0 Å². The lowest BCUT2D eigenvalue weighted by molar-refractivity contribution is 0.349.